The van der Waals surface area contributed by atoms with Crippen molar-refractivity contribution in [2.45, 2.75) is 13.8 Å². The molecular formula is C15H16O7. The van der Waals surface area contributed by atoms with Crippen LogP contribution in [0.2, 0.25) is 0 Å². The van der Waals surface area contributed by atoms with Crippen molar-refractivity contribution in [3.63, 3.8) is 0 Å². The second kappa shape index (κ2) is 7.82. The molecule has 1 rings (SSSR count). The van der Waals surface area contributed by atoms with Crippen LogP contribution in [0, 0.1) is 0 Å². The monoisotopic (exact) mass is 308 g/mol. The first kappa shape index (κ1) is 17.2. The van der Waals surface area contributed by atoms with Gasteiger partial charge < -0.3 is 18.9 Å². The molecule has 0 fully saturated rings. The van der Waals surface area contributed by atoms with Crippen LogP contribution in [0.3, 0.4) is 0 Å². The summed E-state index contributed by atoms with van der Waals surface area (Å²) in [5, 5.41) is 0. The van der Waals surface area contributed by atoms with Gasteiger partial charge in [0.05, 0.1) is 12.7 Å². The van der Waals surface area contributed by atoms with Gasteiger partial charge in [0.15, 0.2) is 11.5 Å². The standard InChI is InChI=1S/C15H16O7/c1-5-6-20-14-12(21-9(2)16)7-11(15(18)19-4)8-13(14)22-10(3)17/h5,7-8H,1,6H2,2-4H3. The van der Waals surface area contributed by atoms with Crippen molar-refractivity contribution in [1.82, 2.24) is 0 Å². The molecule has 0 aliphatic heterocycles. The van der Waals surface area contributed by atoms with Gasteiger partial charge in [-0.2, -0.15) is 0 Å². The van der Waals surface area contributed by atoms with Crippen molar-refractivity contribution >= 4 is 17.9 Å². The van der Waals surface area contributed by atoms with Crippen molar-refractivity contribution < 1.29 is 33.3 Å². The zero-order valence-corrected chi connectivity index (χ0v) is 12.5. The molecular weight excluding hydrogens is 292 g/mol. The van der Waals surface area contributed by atoms with Crippen LogP contribution in [0.4, 0.5) is 0 Å². The number of benzene rings is 1. The van der Waals surface area contributed by atoms with Gasteiger partial charge in [0.1, 0.15) is 6.61 Å². The van der Waals surface area contributed by atoms with Gasteiger partial charge in [0.2, 0.25) is 5.75 Å². The van der Waals surface area contributed by atoms with Crippen molar-refractivity contribution in [2.75, 3.05) is 13.7 Å². The molecule has 7 nitrogen and oxygen atoms in total. The van der Waals surface area contributed by atoms with Gasteiger partial charge in [-0.15, -0.1) is 0 Å². The molecule has 1 aromatic rings. The molecule has 0 aliphatic carbocycles. The third kappa shape index (κ3) is 4.62. The summed E-state index contributed by atoms with van der Waals surface area (Å²) < 4.78 is 20.0. The smallest absolute Gasteiger partial charge is 0.338 e. The Hall–Kier alpha value is -2.83. The van der Waals surface area contributed by atoms with Gasteiger partial charge in [-0.05, 0) is 12.1 Å². The van der Waals surface area contributed by atoms with Crippen molar-refractivity contribution in [3.05, 3.63) is 30.4 Å². The normalized spacial score (nSPS) is 9.59. The summed E-state index contributed by atoms with van der Waals surface area (Å²) >= 11 is 0. The Morgan fingerprint density at radius 2 is 1.59 bits per heavy atom. The summed E-state index contributed by atoms with van der Waals surface area (Å²) in [7, 11) is 1.20. The highest BCUT2D eigenvalue weighted by Crippen LogP contribution is 2.39. The summed E-state index contributed by atoms with van der Waals surface area (Å²) in [6, 6.07) is 2.53. The Kier molecular flexibility index (Phi) is 6.12. The molecule has 22 heavy (non-hydrogen) atoms. The van der Waals surface area contributed by atoms with E-state index >= 15 is 0 Å². The van der Waals surface area contributed by atoms with E-state index < -0.39 is 17.9 Å². The summed E-state index contributed by atoms with van der Waals surface area (Å²) in [5.74, 6) is -2.05. The molecule has 0 saturated carbocycles. The number of esters is 3. The van der Waals surface area contributed by atoms with Crippen molar-refractivity contribution in [1.29, 1.82) is 0 Å². The third-order valence-corrected chi connectivity index (χ3v) is 2.29. The van der Waals surface area contributed by atoms with E-state index in [4.69, 9.17) is 14.2 Å². The van der Waals surface area contributed by atoms with E-state index in [9.17, 15) is 14.4 Å². The van der Waals surface area contributed by atoms with Gasteiger partial charge >= 0.3 is 17.9 Å². The molecule has 0 heterocycles. The molecule has 0 aliphatic rings. The van der Waals surface area contributed by atoms with Gasteiger partial charge in [-0.25, -0.2) is 4.79 Å². The van der Waals surface area contributed by atoms with E-state index in [0.717, 1.165) is 0 Å². The predicted octanol–water partition coefficient (Wildman–Crippen LogP) is 1.89. The lowest BCUT2D eigenvalue weighted by molar-refractivity contribution is -0.132. The van der Waals surface area contributed by atoms with Gasteiger partial charge in [-0.3, -0.25) is 9.59 Å². The van der Waals surface area contributed by atoms with E-state index in [1.165, 1.54) is 39.2 Å². The fraction of sp³-hybridized carbons (Fsp3) is 0.267. The van der Waals surface area contributed by atoms with Crippen LogP contribution in [0.1, 0.15) is 24.2 Å². The molecule has 0 spiro atoms. The maximum Gasteiger partial charge on any atom is 0.338 e. The average molecular weight is 308 g/mol. The Morgan fingerprint density at radius 3 is 1.95 bits per heavy atom. The number of carbonyl (C=O) groups is 3. The van der Waals surface area contributed by atoms with Crippen LogP contribution in [-0.4, -0.2) is 31.6 Å². The van der Waals surface area contributed by atoms with Crippen LogP contribution in [-0.2, 0) is 14.3 Å². The summed E-state index contributed by atoms with van der Waals surface area (Å²) in [6.07, 6.45) is 1.46. The molecule has 7 heteroatoms. The first-order chi connectivity index (χ1) is 10.4. The molecule has 0 radical (unpaired) electrons. The minimum absolute atomic E-state index is 0.0120. The van der Waals surface area contributed by atoms with E-state index in [2.05, 4.69) is 11.3 Å². The van der Waals surface area contributed by atoms with E-state index in [1.807, 2.05) is 0 Å². The largest absolute Gasteiger partial charge is 0.482 e. The Balaban J connectivity index is 3.44. The topological polar surface area (TPSA) is 88.1 Å². The Morgan fingerprint density at radius 1 is 1.09 bits per heavy atom. The van der Waals surface area contributed by atoms with E-state index in [0.29, 0.717) is 0 Å². The predicted molar refractivity (Wildman–Crippen MR) is 76.1 cm³/mol. The molecule has 118 valence electrons. The number of hydrogen-bond acceptors (Lipinski definition) is 7. The Labute approximate surface area is 127 Å². The summed E-state index contributed by atoms with van der Waals surface area (Å²) in [4.78, 5) is 34.1. The maximum atomic E-state index is 11.7. The number of ether oxygens (including phenoxy) is 4. The molecule has 0 bridgehead atoms. The fourth-order valence-corrected chi connectivity index (χ4v) is 1.56. The summed E-state index contributed by atoms with van der Waals surface area (Å²) in [6.45, 7) is 5.96. The highest BCUT2D eigenvalue weighted by Gasteiger charge is 2.21. The first-order valence-corrected chi connectivity index (χ1v) is 6.26. The number of carbonyl (C=O) groups excluding carboxylic acids is 3. The van der Waals surface area contributed by atoms with Gasteiger partial charge in [-0.1, -0.05) is 12.7 Å². The lowest BCUT2D eigenvalue weighted by Gasteiger charge is -2.15. The number of methoxy groups -OCH3 is 1. The molecule has 0 aromatic heterocycles. The first-order valence-electron chi connectivity index (χ1n) is 6.26. The summed E-state index contributed by atoms with van der Waals surface area (Å²) in [5.41, 5.74) is 0.0425. The average Bonchev–Trinajstić information content (AvgIpc) is 2.44. The lowest BCUT2D eigenvalue weighted by atomic mass is 10.2. The molecule has 0 atom stereocenters. The molecule has 1 aromatic carbocycles. The highest BCUT2D eigenvalue weighted by molar-refractivity contribution is 5.91. The highest BCUT2D eigenvalue weighted by atomic mass is 16.6. The second-order valence-corrected chi connectivity index (χ2v) is 4.08. The van der Waals surface area contributed by atoms with Crippen LogP contribution >= 0.6 is 0 Å². The number of hydrogen-bond donors (Lipinski definition) is 0. The van der Waals surface area contributed by atoms with E-state index in [1.54, 1.807) is 0 Å². The lowest BCUT2D eigenvalue weighted by Crippen LogP contribution is -2.11. The van der Waals surface area contributed by atoms with Crippen LogP contribution in [0.15, 0.2) is 24.8 Å². The van der Waals surface area contributed by atoms with Crippen LogP contribution < -0.4 is 14.2 Å². The second-order valence-electron chi connectivity index (χ2n) is 4.08. The Bertz CT molecular complexity index is 567. The van der Waals surface area contributed by atoms with Crippen LogP contribution in [0.5, 0.6) is 17.2 Å². The minimum Gasteiger partial charge on any atom is -0.482 e. The van der Waals surface area contributed by atoms with E-state index in [-0.39, 0.29) is 29.4 Å². The maximum absolute atomic E-state index is 11.7. The zero-order valence-electron chi connectivity index (χ0n) is 12.5. The zero-order chi connectivity index (χ0) is 16.7. The number of rotatable bonds is 6. The van der Waals surface area contributed by atoms with Gasteiger partial charge in [0, 0.05) is 13.8 Å². The SMILES string of the molecule is C=CCOc1c(OC(C)=O)cc(C(=O)OC)cc1OC(C)=O. The van der Waals surface area contributed by atoms with Crippen molar-refractivity contribution in [3.8, 4) is 17.2 Å². The molecule has 0 N–H and O–H groups in total. The molecule has 0 saturated heterocycles. The molecule has 0 unspecified atom stereocenters. The van der Waals surface area contributed by atoms with Crippen molar-refractivity contribution in [2.24, 2.45) is 0 Å². The molecule has 0 amide bonds. The fourth-order valence-electron chi connectivity index (χ4n) is 1.56. The third-order valence-electron chi connectivity index (χ3n) is 2.29. The van der Waals surface area contributed by atoms with Gasteiger partial charge in [0.25, 0.3) is 0 Å². The minimum atomic E-state index is -0.683. The van der Waals surface area contributed by atoms with Crippen LogP contribution in [0.25, 0.3) is 0 Å². The quantitative estimate of drug-likeness (QED) is 0.450.